The molecule has 0 aliphatic carbocycles. The van der Waals surface area contributed by atoms with Crippen molar-refractivity contribution >= 4 is 11.8 Å². The number of aliphatic hydroxyl groups is 1. The van der Waals surface area contributed by atoms with Gasteiger partial charge in [0.15, 0.2) is 0 Å². The minimum Gasteiger partial charge on any atom is -0.493 e. The number of aromatic nitrogens is 1. The van der Waals surface area contributed by atoms with Crippen LogP contribution >= 0.6 is 0 Å². The highest BCUT2D eigenvalue weighted by molar-refractivity contribution is 5.94. The number of carbonyl (C=O) groups excluding carboxylic acids is 2. The van der Waals surface area contributed by atoms with Gasteiger partial charge < -0.3 is 20.1 Å². The van der Waals surface area contributed by atoms with E-state index in [0.717, 1.165) is 5.75 Å². The van der Waals surface area contributed by atoms with Crippen LogP contribution in [-0.2, 0) is 4.79 Å². The molecule has 27 heavy (non-hydrogen) atoms. The number of amides is 2. The van der Waals surface area contributed by atoms with Crippen molar-refractivity contribution in [1.29, 1.82) is 0 Å². The number of carbonyl (C=O) groups is 2. The molecule has 0 unspecified atom stereocenters. The van der Waals surface area contributed by atoms with Crippen molar-refractivity contribution in [2.45, 2.75) is 25.0 Å². The molecule has 7 nitrogen and oxygen atoms in total. The van der Waals surface area contributed by atoms with Crippen molar-refractivity contribution in [3.8, 4) is 5.75 Å². The number of para-hydroxylation sites is 1. The minimum absolute atomic E-state index is 0.0658. The summed E-state index contributed by atoms with van der Waals surface area (Å²) < 4.78 is 5.54. The van der Waals surface area contributed by atoms with E-state index in [-0.39, 0.29) is 37.4 Å². The molecule has 2 atom stereocenters. The molecule has 2 amide bonds. The first kappa shape index (κ1) is 18.8. The van der Waals surface area contributed by atoms with Crippen LogP contribution in [0.4, 0.5) is 0 Å². The van der Waals surface area contributed by atoms with Gasteiger partial charge in [0.25, 0.3) is 5.91 Å². The Morgan fingerprint density at radius 2 is 1.93 bits per heavy atom. The summed E-state index contributed by atoms with van der Waals surface area (Å²) in [5.41, 5.74) is 0.494. The molecule has 1 aromatic heterocycles. The second-order valence-electron chi connectivity index (χ2n) is 6.42. The van der Waals surface area contributed by atoms with E-state index >= 15 is 0 Å². The fourth-order valence-electron chi connectivity index (χ4n) is 3.01. The van der Waals surface area contributed by atoms with Crippen molar-refractivity contribution < 1.29 is 19.4 Å². The number of piperidine rings is 1. The van der Waals surface area contributed by atoms with Crippen LogP contribution < -0.4 is 10.1 Å². The molecule has 142 valence electrons. The number of ether oxygens (including phenoxy) is 1. The molecule has 1 aliphatic heterocycles. The van der Waals surface area contributed by atoms with Crippen molar-refractivity contribution in [2.24, 2.45) is 0 Å². The molecular weight excluding hydrogens is 346 g/mol. The Morgan fingerprint density at radius 3 is 2.63 bits per heavy atom. The summed E-state index contributed by atoms with van der Waals surface area (Å²) in [7, 11) is 0. The third kappa shape index (κ3) is 5.27. The summed E-state index contributed by atoms with van der Waals surface area (Å²) >= 11 is 0. The average Bonchev–Trinajstić information content (AvgIpc) is 2.71. The van der Waals surface area contributed by atoms with Crippen molar-refractivity contribution in [1.82, 2.24) is 15.2 Å². The summed E-state index contributed by atoms with van der Waals surface area (Å²) in [6.45, 7) is 0.978. The van der Waals surface area contributed by atoms with Crippen LogP contribution in [0, 0.1) is 0 Å². The number of rotatable bonds is 6. The summed E-state index contributed by atoms with van der Waals surface area (Å²) in [5, 5.41) is 13.2. The predicted molar refractivity (Wildman–Crippen MR) is 99.2 cm³/mol. The van der Waals surface area contributed by atoms with Crippen LogP contribution in [0.15, 0.2) is 54.9 Å². The molecule has 1 aromatic carbocycles. The first-order valence-corrected chi connectivity index (χ1v) is 8.98. The molecule has 2 aromatic rings. The largest absolute Gasteiger partial charge is 0.493 e. The topological polar surface area (TPSA) is 91.8 Å². The SMILES string of the molecule is O=C(N[C@@H]1CCN(C(=O)CCOc2ccccc2)C[C@H]1O)c1ccncc1. The third-order valence-electron chi connectivity index (χ3n) is 4.52. The number of pyridine rings is 1. The first-order valence-electron chi connectivity index (χ1n) is 8.98. The van der Waals surface area contributed by atoms with E-state index in [9.17, 15) is 14.7 Å². The van der Waals surface area contributed by atoms with E-state index in [0.29, 0.717) is 18.5 Å². The summed E-state index contributed by atoms with van der Waals surface area (Å²) in [4.78, 5) is 30.0. The van der Waals surface area contributed by atoms with Gasteiger partial charge in [0, 0.05) is 31.0 Å². The Balaban J connectivity index is 1.43. The van der Waals surface area contributed by atoms with Gasteiger partial charge in [-0.15, -0.1) is 0 Å². The lowest BCUT2D eigenvalue weighted by molar-refractivity contribution is -0.135. The molecule has 0 saturated carbocycles. The quantitative estimate of drug-likeness (QED) is 0.799. The first-order chi connectivity index (χ1) is 13.1. The highest BCUT2D eigenvalue weighted by Crippen LogP contribution is 2.14. The van der Waals surface area contributed by atoms with Gasteiger partial charge in [-0.3, -0.25) is 14.6 Å². The summed E-state index contributed by atoms with van der Waals surface area (Å²) in [6.07, 6.45) is 3.04. The van der Waals surface area contributed by atoms with E-state index in [1.807, 2.05) is 30.3 Å². The second-order valence-corrected chi connectivity index (χ2v) is 6.42. The molecule has 7 heteroatoms. The zero-order valence-corrected chi connectivity index (χ0v) is 15.0. The number of β-amino-alcohol motifs (C(OH)–C–C–N with tert-alkyl or cyclic N) is 1. The number of hydrogen-bond acceptors (Lipinski definition) is 5. The van der Waals surface area contributed by atoms with E-state index in [4.69, 9.17) is 4.74 Å². The van der Waals surface area contributed by atoms with Gasteiger partial charge in [-0.25, -0.2) is 0 Å². The van der Waals surface area contributed by atoms with Crippen LogP contribution in [0.25, 0.3) is 0 Å². The normalized spacial score (nSPS) is 19.4. The molecule has 2 heterocycles. The number of nitrogens with zero attached hydrogens (tertiary/aromatic N) is 2. The molecule has 0 bridgehead atoms. The Bertz CT molecular complexity index is 754. The molecule has 0 radical (unpaired) electrons. The van der Waals surface area contributed by atoms with Crippen molar-refractivity contribution in [3.05, 3.63) is 60.4 Å². The molecule has 1 aliphatic rings. The molecule has 2 N–H and O–H groups in total. The van der Waals surface area contributed by atoms with Gasteiger partial charge >= 0.3 is 0 Å². The van der Waals surface area contributed by atoms with Crippen LogP contribution in [0.5, 0.6) is 5.75 Å². The number of hydrogen-bond donors (Lipinski definition) is 2. The van der Waals surface area contributed by atoms with Crippen molar-refractivity contribution in [3.63, 3.8) is 0 Å². The van der Waals surface area contributed by atoms with Gasteiger partial charge in [-0.1, -0.05) is 18.2 Å². The third-order valence-corrected chi connectivity index (χ3v) is 4.52. The van der Waals surface area contributed by atoms with E-state index in [1.165, 1.54) is 0 Å². The highest BCUT2D eigenvalue weighted by atomic mass is 16.5. The van der Waals surface area contributed by atoms with Gasteiger partial charge in [-0.05, 0) is 30.7 Å². The van der Waals surface area contributed by atoms with Gasteiger partial charge in [0.1, 0.15) is 5.75 Å². The molecular formula is C20H23N3O4. The fraction of sp³-hybridized carbons (Fsp3) is 0.350. The van der Waals surface area contributed by atoms with Crippen molar-refractivity contribution in [2.75, 3.05) is 19.7 Å². The van der Waals surface area contributed by atoms with Gasteiger partial charge in [-0.2, -0.15) is 0 Å². The second kappa shape index (κ2) is 9.14. The van der Waals surface area contributed by atoms with E-state index in [1.54, 1.807) is 29.4 Å². The minimum atomic E-state index is -0.802. The molecule has 1 saturated heterocycles. The van der Waals surface area contributed by atoms with E-state index in [2.05, 4.69) is 10.3 Å². The number of likely N-dealkylation sites (tertiary alicyclic amines) is 1. The lowest BCUT2D eigenvalue weighted by Crippen LogP contribution is -2.55. The van der Waals surface area contributed by atoms with Crippen LogP contribution in [-0.4, -0.2) is 58.6 Å². The zero-order valence-electron chi connectivity index (χ0n) is 15.0. The molecule has 3 rings (SSSR count). The zero-order chi connectivity index (χ0) is 19.1. The van der Waals surface area contributed by atoms with E-state index < -0.39 is 6.10 Å². The lowest BCUT2D eigenvalue weighted by Gasteiger charge is -2.36. The molecule has 0 spiro atoms. The standard InChI is InChI=1S/C20H23N3O4/c24-18-14-23(19(25)9-13-27-16-4-2-1-3-5-16)12-8-17(18)22-20(26)15-6-10-21-11-7-15/h1-7,10-11,17-18,24H,8-9,12-14H2,(H,22,26)/t17-,18-/m1/s1. The van der Waals surface area contributed by atoms with Crippen LogP contribution in [0.1, 0.15) is 23.2 Å². The average molecular weight is 369 g/mol. The monoisotopic (exact) mass is 369 g/mol. The summed E-state index contributed by atoms with van der Waals surface area (Å²) in [6, 6.07) is 12.2. The predicted octanol–water partition coefficient (Wildman–Crippen LogP) is 1.24. The van der Waals surface area contributed by atoms with Crippen LogP contribution in [0.3, 0.4) is 0 Å². The smallest absolute Gasteiger partial charge is 0.251 e. The number of nitrogens with one attached hydrogen (secondary N) is 1. The fourth-order valence-corrected chi connectivity index (χ4v) is 3.01. The van der Waals surface area contributed by atoms with Gasteiger partial charge in [0.2, 0.25) is 5.91 Å². The Labute approximate surface area is 158 Å². The lowest BCUT2D eigenvalue weighted by atomic mass is 10.0. The Morgan fingerprint density at radius 1 is 1.19 bits per heavy atom. The maximum absolute atomic E-state index is 12.3. The number of aliphatic hydroxyl groups excluding tert-OH is 1. The Kier molecular flexibility index (Phi) is 6.38. The van der Waals surface area contributed by atoms with Gasteiger partial charge in [0.05, 0.1) is 25.2 Å². The molecule has 1 fully saturated rings. The summed E-state index contributed by atoms with van der Waals surface area (Å²) in [5.74, 6) is 0.407. The van der Waals surface area contributed by atoms with Crippen LogP contribution in [0.2, 0.25) is 0 Å². The Hall–Kier alpha value is -2.93. The number of benzene rings is 1. The highest BCUT2D eigenvalue weighted by Gasteiger charge is 2.31. The maximum Gasteiger partial charge on any atom is 0.251 e. The maximum atomic E-state index is 12.3.